The molecule has 5 nitrogen and oxygen atoms in total. The summed E-state index contributed by atoms with van der Waals surface area (Å²) in [5.41, 5.74) is 0.945. The fraction of sp³-hybridized carbons (Fsp3) is 0.0909. The maximum absolute atomic E-state index is 10.3. The van der Waals surface area contributed by atoms with E-state index in [1.54, 1.807) is 24.7 Å². The number of rotatable bonds is 4. The molecule has 0 saturated carbocycles. The van der Waals surface area contributed by atoms with Crippen molar-refractivity contribution in [3.63, 3.8) is 0 Å². The molecule has 1 N–H and O–H groups in total. The van der Waals surface area contributed by atoms with Crippen molar-refractivity contribution < 1.29 is 14.6 Å². The van der Waals surface area contributed by atoms with Crippen LogP contribution in [-0.4, -0.2) is 27.2 Å². The highest BCUT2D eigenvalue weighted by molar-refractivity contribution is 5.85. The van der Waals surface area contributed by atoms with Crippen molar-refractivity contribution in [1.82, 2.24) is 9.55 Å². The van der Waals surface area contributed by atoms with E-state index in [9.17, 15) is 4.79 Å². The number of hydrogen-bond donors (Lipinski definition) is 1. The van der Waals surface area contributed by atoms with E-state index >= 15 is 0 Å². The molecule has 0 aliphatic rings. The van der Waals surface area contributed by atoms with E-state index in [1.807, 2.05) is 22.9 Å². The molecule has 0 spiro atoms. The predicted octanol–water partition coefficient (Wildman–Crippen LogP) is 1.76. The second-order valence-electron chi connectivity index (χ2n) is 3.15. The van der Waals surface area contributed by atoms with Gasteiger partial charge in [-0.05, 0) is 24.3 Å². The first-order chi connectivity index (χ1) is 7.75. The molecule has 0 fully saturated rings. The van der Waals surface area contributed by atoms with Crippen LogP contribution in [0, 0.1) is 0 Å². The Bertz CT molecular complexity index is 468. The minimum absolute atomic E-state index is 0. The van der Waals surface area contributed by atoms with Crippen LogP contribution in [0.15, 0.2) is 43.0 Å². The minimum atomic E-state index is -0.987. The van der Waals surface area contributed by atoms with E-state index < -0.39 is 5.97 Å². The van der Waals surface area contributed by atoms with Gasteiger partial charge in [-0.2, -0.15) is 0 Å². The summed E-state index contributed by atoms with van der Waals surface area (Å²) in [6.07, 6.45) is 5.20. The summed E-state index contributed by atoms with van der Waals surface area (Å²) in [7, 11) is 0. The van der Waals surface area contributed by atoms with Gasteiger partial charge in [0.15, 0.2) is 6.61 Å². The van der Waals surface area contributed by atoms with Crippen molar-refractivity contribution in [2.75, 3.05) is 6.61 Å². The molecule has 2 rings (SSSR count). The molecule has 90 valence electrons. The van der Waals surface area contributed by atoms with Crippen LogP contribution in [-0.2, 0) is 4.79 Å². The smallest absolute Gasteiger partial charge is 0.341 e. The van der Waals surface area contributed by atoms with Crippen LogP contribution in [0.5, 0.6) is 5.75 Å². The van der Waals surface area contributed by atoms with Crippen LogP contribution in [0.4, 0.5) is 0 Å². The summed E-state index contributed by atoms with van der Waals surface area (Å²) in [4.78, 5) is 14.2. The fourth-order valence-corrected chi connectivity index (χ4v) is 1.27. The molecule has 6 heteroatoms. The van der Waals surface area contributed by atoms with E-state index in [0.717, 1.165) is 5.69 Å². The summed E-state index contributed by atoms with van der Waals surface area (Å²) >= 11 is 0. The number of carboxylic acid groups (broad SMARTS) is 1. The maximum atomic E-state index is 10.3. The van der Waals surface area contributed by atoms with Gasteiger partial charge >= 0.3 is 5.97 Å². The number of carboxylic acids is 1. The average Bonchev–Trinajstić information content (AvgIpc) is 2.80. The SMILES string of the molecule is Cl.O=C(O)COc1ccc(-n2ccnc2)cc1. The molecule has 1 aromatic carbocycles. The third kappa shape index (κ3) is 3.49. The Morgan fingerprint density at radius 3 is 2.59 bits per heavy atom. The highest BCUT2D eigenvalue weighted by Crippen LogP contribution is 2.14. The Labute approximate surface area is 104 Å². The Morgan fingerprint density at radius 2 is 2.06 bits per heavy atom. The van der Waals surface area contributed by atoms with E-state index in [-0.39, 0.29) is 19.0 Å². The zero-order chi connectivity index (χ0) is 11.4. The molecular formula is C11H11ClN2O3. The van der Waals surface area contributed by atoms with Gasteiger partial charge in [0.2, 0.25) is 0 Å². The Morgan fingerprint density at radius 1 is 1.35 bits per heavy atom. The first kappa shape index (κ1) is 13.1. The Balaban J connectivity index is 0.00000144. The lowest BCUT2D eigenvalue weighted by Gasteiger charge is -2.05. The monoisotopic (exact) mass is 254 g/mol. The van der Waals surface area contributed by atoms with Crippen LogP contribution < -0.4 is 4.74 Å². The van der Waals surface area contributed by atoms with Crippen LogP contribution in [0.25, 0.3) is 5.69 Å². The quantitative estimate of drug-likeness (QED) is 0.903. The van der Waals surface area contributed by atoms with Crippen molar-refractivity contribution in [1.29, 1.82) is 0 Å². The van der Waals surface area contributed by atoms with Crippen molar-refractivity contribution in [3.8, 4) is 11.4 Å². The van der Waals surface area contributed by atoms with Crippen molar-refractivity contribution in [2.24, 2.45) is 0 Å². The number of halogens is 1. The molecule has 17 heavy (non-hydrogen) atoms. The molecule has 0 aliphatic heterocycles. The summed E-state index contributed by atoms with van der Waals surface area (Å²) < 4.78 is 6.86. The molecule has 0 unspecified atom stereocenters. The molecule has 1 aromatic heterocycles. The van der Waals surface area contributed by atoms with Gasteiger partial charge in [-0.1, -0.05) is 0 Å². The highest BCUT2D eigenvalue weighted by atomic mass is 35.5. The van der Waals surface area contributed by atoms with Gasteiger partial charge in [0.25, 0.3) is 0 Å². The number of aromatic nitrogens is 2. The van der Waals surface area contributed by atoms with Crippen LogP contribution in [0.1, 0.15) is 0 Å². The molecule has 0 aliphatic carbocycles. The number of imidazole rings is 1. The van der Waals surface area contributed by atoms with Gasteiger partial charge in [0.05, 0.1) is 6.33 Å². The van der Waals surface area contributed by atoms with Gasteiger partial charge in [0.1, 0.15) is 5.75 Å². The van der Waals surface area contributed by atoms with Crippen LogP contribution in [0.2, 0.25) is 0 Å². The molecule has 1 heterocycles. The van der Waals surface area contributed by atoms with E-state index in [0.29, 0.717) is 5.75 Å². The number of hydrogen-bond acceptors (Lipinski definition) is 3. The molecule has 2 aromatic rings. The van der Waals surface area contributed by atoms with Gasteiger partial charge in [-0.15, -0.1) is 12.4 Å². The third-order valence-electron chi connectivity index (χ3n) is 2.00. The zero-order valence-electron chi connectivity index (χ0n) is 8.81. The maximum Gasteiger partial charge on any atom is 0.341 e. The lowest BCUT2D eigenvalue weighted by Crippen LogP contribution is -2.09. The number of benzene rings is 1. The molecule has 0 radical (unpaired) electrons. The predicted molar refractivity (Wildman–Crippen MR) is 63.9 cm³/mol. The summed E-state index contributed by atoms with van der Waals surface area (Å²) in [5.74, 6) is -0.454. The minimum Gasteiger partial charge on any atom is -0.482 e. The summed E-state index contributed by atoms with van der Waals surface area (Å²) in [6, 6.07) is 7.11. The second kappa shape index (κ2) is 5.91. The van der Waals surface area contributed by atoms with Gasteiger partial charge < -0.3 is 14.4 Å². The first-order valence-corrected chi connectivity index (χ1v) is 4.69. The summed E-state index contributed by atoms with van der Waals surface area (Å²) in [6.45, 7) is -0.329. The van der Waals surface area contributed by atoms with Crippen LogP contribution in [0.3, 0.4) is 0 Å². The van der Waals surface area contributed by atoms with Crippen molar-refractivity contribution >= 4 is 18.4 Å². The lowest BCUT2D eigenvalue weighted by molar-refractivity contribution is -0.139. The van der Waals surface area contributed by atoms with E-state index in [1.165, 1.54) is 0 Å². The molecule has 0 saturated heterocycles. The molecular weight excluding hydrogens is 244 g/mol. The zero-order valence-corrected chi connectivity index (χ0v) is 9.63. The molecule has 0 bridgehead atoms. The Hall–Kier alpha value is -2.01. The topological polar surface area (TPSA) is 64.3 Å². The molecule has 0 atom stereocenters. The second-order valence-corrected chi connectivity index (χ2v) is 3.15. The van der Waals surface area contributed by atoms with Crippen molar-refractivity contribution in [2.45, 2.75) is 0 Å². The number of nitrogens with zero attached hydrogens (tertiary/aromatic N) is 2. The Kier molecular flexibility index (Phi) is 4.54. The van der Waals surface area contributed by atoms with E-state index in [2.05, 4.69) is 4.98 Å². The standard InChI is InChI=1S/C11H10N2O3.ClH/c14-11(15)7-16-10-3-1-9(2-4-10)13-6-5-12-8-13;/h1-6,8H,7H2,(H,14,15);1H. The van der Waals surface area contributed by atoms with Gasteiger partial charge in [-0.3, -0.25) is 0 Å². The number of aliphatic carboxylic acids is 1. The number of carbonyl (C=O) groups is 1. The highest BCUT2D eigenvalue weighted by Gasteiger charge is 2.00. The lowest BCUT2D eigenvalue weighted by atomic mass is 10.3. The first-order valence-electron chi connectivity index (χ1n) is 4.69. The fourth-order valence-electron chi connectivity index (χ4n) is 1.27. The largest absolute Gasteiger partial charge is 0.482 e. The third-order valence-corrected chi connectivity index (χ3v) is 2.00. The average molecular weight is 255 g/mol. The summed E-state index contributed by atoms with van der Waals surface area (Å²) in [5, 5.41) is 8.44. The normalized spacial score (nSPS) is 9.41. The van der Waals surface area contributed by atoms with Gasteiger partial charge in [-0.25, -0.2) is 9.78 Å². The van der Waals surface area contributed by atoms with Crippen molar-refractivity contribution in [3.05, 3.63) is 43.0 Å². The van der Waals surface area contributed by atoms with E-state index in [4.69, 9.17) is 9.84 Å². The van der Waals surface area contributed by atoms with Gasteiger partial charge in [0, 0.05) is 18.1 Å². The number of ether oxygens (including phenoxy) is 1. The molecule has 0 amide bonds. The van der Waals surface area contributed by atoms with Crippen LogP contribution >= 0.6 is 12.4 Å².